The first-order chi connectivity index (χ1) is 11.7. The molecule has 0 saturated heterocycles. The summed E-state index contributed by atoms with van der Waals surface area (Å²) in [5.74, 6) is -0.718. The fraction of sp³-hybridized carbons (Fsp3) is 0.235. The Bertz CT molecular complexity index is 887. The highest BCUT2D eigenvalue weighted by molar-refractivity contribution is 7.90. The Morgan fingerprint density at radius 1 is 1.24 bits per heavy atom. The van der Waals surface area contributed by atoms with Crippen LogP contribution in [0.5, 0.6) is 0 Å². The van der Waals surface area contributed by atoms with E-state index in [2.05, 4.69) is 5.32 Å². The summed E-state index contributed by atoms with van der Waals surface area (Å²) in [5.41, 5.74) is 0.698. The van der Waals surface area contributed by atoms with Crippen molar-refractivity contribution in [2.75, 3.05) is 25.2 Å². The first-order valence-electron chi connectivity index (χ1n) is 7.38. The average Bonchev–Trinajstić information content (AvgIpc) is 2.50. The maximum Gasteiger partial charge on any atom is 0.238 e. The highest BCUT2D eigenvalue weighted by atomic mass is 35.5. The van der Waals surface area contributed by atoms with Crippen molar-refractivity contribution < 1.29 is 17.6 Å². The van der Waals surface area contributed by atoms with Crippen LogP contribution < -0.4 is 5.32 Å². The monoisotopic (exact) mass is 384 g/mol. The molecule has 2 aromatic carbocycles. The topological polar surface area (TPSA) is 66.5 Å². The third-order valence-corrected chi connectivity index (χ3v) is 4.89. The van der Waals surface area contributed by atoms with Crippen LogP contribution in [0.1, 0.15) is 5.56 Å². The molecule has 2 rings (SSSR count). The number of carbonyl (C=O) groups is 1. The lowest BCUT2D eigenvalue weighted by Gasteiger charge is -2.17. The van der Waals surface area contributed by atoms with Crippen LogP contribution in [-0.4, -0.2) is 39.1 Å². The Balaban J connectivity index is 2.04. The van der Waals surface area contributed by atoms with Gasteiger partial charge < -0.3 is 5.32 Å². The number of halogens is 2. The van der Waals surface area contributed by atoms with E-state index >= 15 is 0 Å². The lowest BCUT2D eigenvalue weighted by atomic mass is 10.2. The number of hydrogen-bond acceptors (Lipinski definition) is 4. The second-order valence-electron chi connectivity index (χ2n) is 5.73. The van der Waals surface area contributed by atoms with Gasteiger partial charge in [-0.15, -0.1) is 0 Å². The molecular formula is C17H18ClFN2O3S. The normalized spacial score (nSPS) is 11.6. The fourth-order valence-corrected chi connectivity index (χ4v) is 3.05. The maximum atomic E-state index is 13.6. The molecule has 0 aliphatic heterocycles. The molecular weight excluding hydrogens is 367 g/mol. The van der Waals surface area contributed by atoms with Gasteiger partial charge in [0.25, 0.3) is 0 Å². The summed E-state index contributed by atoms with van der Waals surface area (Å²) < 4.78 is 36.8. The molecule has 0 fully saturated rings. The minimum Gasteiger partial charge on any atom is -0.324 e. The van der Waals surface area contributed by atoms with Gasteiger partial charge in [0.05, 0.1) is 22.2 Å². The van der Waals surface area contributed by atoms with Crippen LogP contribution in [0.2, 0.25) is 5.02 Å². The van der Waals surface area contributed by atoms with E-state index < -0.39 is 9.84 Å². The first kappa shape index (κ1) is 19.4. The summed E-state index contributed by atoms with van der Waals surface area (Å²) in [6.45, 7) is 0.255. The van der Waals surface area contributed by atoms with E-state index in [-0.39, 0.29) is 40.4 Å². The van der Waals surface area contributed by atoms with E-state index in [4.69, 9.17) is 11.6 Å². The molecule has 1 N–H and O–H groups in total. The molecule has 2 aromatic rings. The van der Waals surface area contributed by atoms with E-state index in [0.29, 0.717) is 5.56 Å². The van der Waals surface area contributed by atoms with Crippen LogP contribution in [0.3, 0.4) is 0 Å². The van der Waals surface area contributed by atoms with Gasteiger partial charge in [-0.25, -0.2) is 12.8 Å². The average molecular weight is 385 g/mol. The molecule has 0 spiro atoms. The number of benzene rings is 2. The van der Waals surface area contributed by atoms with Crippen LogP contribution in [0.4, 0.5) is 10.1 Å². The molecule has 0 aromatic heterocycles. The van der Waals surface area contributed by atoms with E-state index in [1.807, 2.05) is 0 Å². The highest BCUT2D eigenvalue weighted by Gasteiger charge is 2.14. The van der Waals surface area contributed by atoms with Crippen molar-refractivity contribution in [3.05, 3.63) is 58.9 Å². The van der Waals surface area contributed by atoms with Gasteiger partial charge in [0.2, 0.25) is 5.91 Å². The van der Waals surface area contributed by atoms with Crippen LogP contribution >= 0.6 is 11.6 Å². The molecule has 134 valence electrons. The molecule has 0 radical (unpaired) electrons. The third-order valence-electron chi connectivity index (χ3n) is 3.45. The molecule has 0 atom stereocenters. The maximum absolute atomic E-state index is 13.6. The van der Waals surface area contributed by atoms with Crippen molar-refractivity contribution >= 4 is 33.0 Å². The summed E-state index contributed by atoms with van der Waals surface area (Å²) in [7, 11) is -1.73. The van der Waals surface area contributed by atoms with Gasteiger partial charge >= 0.3 is 0 Å². The van der Waals surface area contributed by atoms with Crippen molar-refractivity contribution in [1.29, 1.82) is 0 Å². The van der Waals surface area contributed by atoms with E-state index in [0.717, 1.165) is 6.26 Å². The number of rotatable bonds is 6. The number of carbonyl (C=O) groups excluding carboxylic acids is 1. The number of nitrogens with one attached hydrogen (secondary N) is 1. The molecule has 5 nitrogen and oxygen atoms in total. The Hall–Kier alpha value is -1.96. The zero-order valence-corrected chi connectivity index (χ0v) is 15.4. The smallest absolute Gasteiger partial charge is 0.238 e. The van der Waals surface area contributed by atoms with Crippen LogP contribution in [-0.2, 0) is 21.2 Å². The second-order valence-corrected chi connectivity index (χ2v) is 8.15. The molecule has 0 heterocycles. The number of hydrogen-bond donors (Lipinski definition) is 1. The summed E-state index contributed by atoms with van der Waals surface area (Å²) >= 11 is 6.00. The van der Waals surface area contributed by atoms with Crippen molar-refractivity contribution in [2.24, 2.45) is 0 Å². The van der Waals surface area contributed by atoms with Gasteiger partial charge in [-0.3, -0.25) is 9.69 Å². The molecule has 0 unspecified atom stereocenters. The highest BCUT2D eigenvalue weighted by Crippen LogP contribution is 2.25. The lowest BCUT2D eigenvalue weighted by Crippen LogP contribution is -2.30. The molecule has 0 saturated carbocycles. The molecule has 0 bridgehead atoms. The number of anilines is 1. The third kappa shape index (κ3) is 5.52. The van der Waals surface area contributed by atoms with Crippen molar-refractivity contribution in [2.45, 2.75) is 11.4 Å². The van der Waals surface area contributed by atoms with Crippen molar-refractivity contribution in [1.82, 2.24) is 4.90 Å². The quantitative estimate of drug-likeness (QED) is 0.831. The number of likely N-dealkylation sites (N-methyl/N-ethyl adjacent to an activating group) is 1. The van der Waals surface area contributed by atoms with E-state index in [9.17, 15) is 17.6 Å². The Morgan fingerprint density at radius 3 is 2.56 bits per heavy atom. The summed E-state index contributed by atoms with van der Waals surface area (Å²) in [6.07, 6.45) is 1.07. The predicted octanol–water partition coefficient (Wildman–Crippen LogP) is 2.95. The fourth-order valence-electron chi connectivity index (χ4n) is 2.24. The largest absolute Gasteiger partial charge is 0.324 e. The Morgan fingerprint density at radius 2 is 1.92 bits per heavy atom. The SMILES string of the molecule is CN(CC(=O)Nc1cc(S(C)(=O)=O)ccc1Cl)Cc1ccccc1F. The van der Waals surface area contributed by atoms with Crippen LogP contribution in [0.25, 0.3) is 0 Å². The molecule has 0 aliphatic carbocycles. The standard InChI is InChI=1S/C17H18ClFN2O3S/c1-21(10-12-5-3-4-6-15(12)19)11-17(22)20-16-9-13(25(2,23)24)7-8-14(16)18/h3-9H,10-11H2,1-2H3,(H,20,22). The first-order valence-corrected chi connectivity index (χ1v) is 9.65. The van der Waals surface area contributed by atoms with Gasteiger partial charge in [0, 0.05) is 18.4 Å². The van der Waals surface area contributed by atoms with E-state index in [1.165, 1.54) is 24.3 Å². The Labute approximate surface area is 151 Å². The van der Waals surface area contributed by atoms with Crippen molar-refractivity contribution in [3.63, 3.8) is 0 Å². The van der Waals surface area contributed by atoms with Crippen LogP contribution in [0, 0.1) is 5.82 Å². The van der Waals surface area contributed by atoms with Gasteiger partial charge in [-0.05, 0) is 31.3 Å². The van der Waals surface area contributed by atoms with E-state index in [1.54, 1.807) is 30.1 Å². The number of nitrogens with zero attached hydrogens (tertiary/aromatic N) is 1. The lowest BCUT2D eigenvalue weighted by molar-refractivity contribution is -0.117. The van der Waals surface area contributed by atoms with Gasteiger partial charge in [-0.2, -0.15) is 0 Å². The zero-order valence-electron chi connectivity index (χ0n) is 13.8. The molecule has 8 heteroatoms. The molecule has 0 aliphatic rings. The van der Waals surface area contributed by atoms with Gasteiger partial charge in [0.15, 0.2) is 9.84 Å². The van der Waals surface area contributed by atoms with Gasteiger partial charge in [0.1, 0.15) is 5.82 Å². The minimum atomic E-state index is -3.41. The second kappa shape index (κ2) is 7.95. The number of sulfone groups is 1. The zero-order chi connectivity index (χ0) is 18.6. The number of amides is 1. The van der Waals surface area contributed by atoms with Crippen LogP contribution in [0.15, 0.2) is 47.4 Å². The van der Waals surface area contributed by atoms with Gasteiger partial charge in [-0.1, -0.05) is 29.8 Å². The summed E-state index contributed by atoms with van der Waals surface area (Å²) in [5, 5.41) is 2.82. The summed E-state index contributed by atoms with van der Waals surface area (Å²) in [4.78, 5) is 13.9. The molecule has 1 amide bonds. The van der Waals surface area contributed by atoms with Crippen molar-refractivity contribution in [3.8, 4) is 0 Å². The summed E-state index contributed by atoms with van der Waals surface area (Å²) in [6, 6.07) is 10.4. The minimum absolute atomic E-state index is 0.00618. The predicted molar refractivity (Wildman–Crippen MR) is 95.9 cm³/mol. The molecule has 25 heavy (non-hydrogen) atoms. The Kier molecular flexibility index (Phi) is 6.16.